The highest BCUT2D eigenvalue weighted by Gasteiger charge is 2.25. The maximum atomic E-state index is 9.47. The summed E-state index contributed by atoms with van der Waals surface area (Å²) in [6.45, 7) is 2.73. The summed E-state index contributed by atoms with van der Waals surface area (Å²) >= 11 is 3.50. The van der Waals surface area contributed by atoms with Crippen LogP contribution in [0.1, 0.15) is 30.1 Å². The van der Waals surface area contributed by atoms with Gasteiger partial charge < -0.3 is 15.2 Å². The molecule has 0 spiro atoms. The number of ether oxygens (including phenoxy) is 1. The molecule has 2 N–H and O–H groups in total. The van der Waals surface area contributed by atoms with Gasteiger partial charge in [0.1, 0.15) is 18.1 Å². The lowest BCUT2D eigenvalue weighted by atomic mass is 10.0. The predicted molar refractivity (Wildman–Crippen MR) is 82.0 cm³/mol. The van der Waals surface area contributed by atoms with Crippen molar-refractivity contribution in [3.05, 3.63) is 58.1 Å². The highest BCUT2D eigenvalue weighted by Crippen LogP contribution is 2.36. The Hall–Kier alpha value is -1.52. The van der Waals surface area contributed by atoms with Crippen LogP contribution in [0.15, 0.2) is 46.9 Å². The Morgan fingerprint density at radius 2 is 2.15 bits per heavy atom. The largest absolute Gasteiger partial charge is 0.508 e. The number of hydrogen-bond donors (Lipinski definition) is 2. The highest BCUT2D eigenvalue weighted by molar-refractivity contribution is 9.10. The molecule has 0 saturated heterocycles. The minimum atomic E-state index is 0.152. The van der Waals surface area contributed by atoms with Gasteiger partial charge in [0.15, 0.2) is 0 Å². The first-order valence-electron chi connectivity index (χ1n) is 6.61. The van der Waals surface area contributed by atoms with Gasteiger partial charge in [-0.05, 0) is 36.8 Å². The van der Waals surface area contributed by atoms with E-state index < -0.39 is 0 Å². The molecule has 4 heteroatoms. The lowest BCUT2D eigenvalue weighted by Gasteiger charge is -2.19. The maximum absolute atomic E-state index is 9.47. The molecule has 0 bridgehead atoms. The summed E-state index contributed by atoms with van der Waals surface area (Å²) in [4.78, 5) is 0. The van der Waals surface area contributed by atoms with E-state index in [0.717, 1.165) is 15.8 Å². The molecule has 0 aromatic heterocycles. The van der Waals surface area contributed by atoms with Crippen molar-refractivity contribution in [2.24, 2.45) is 0 Å². The van der Waals surface area contributed by atoms with Gasteiger partial charge in [-0.1, -0.05) is 28.1 Å². The smallest absolute Gasteiger partial charge is 0.127 e. The molecule has 0 amide bonds. The molecule has 2 atom stereocenters. The quantitative estimate of drug-likeness (QED) is 0.893. The number of nitrogens with one attached hydrogen (secondary N) is 1. The number of halogens is 1. The molecule has 1 heterocycles. The number of phenols is 1. The fourth-order valence-corrected chi connectivity index (χ4v) is 2.93. The van der Waals surface area contributed by atoms with E-state index in [4.69, 9.17) is 4.74 Å². The fourth-order valence-electron chi connectivity index (χ4n) is 2.51. The summed E-state index contributed by atoms with van der Waals surface area (Å²) in [5.41, 5.74) is 2.33. The SMILES string of the molecule is C[C@H](NC1COc2cc(O)ccc21)c1cccc(Br)c1. The lowest BCUT2D eigenvalue weighted by Crippen LogP contribution is -2.25. The van der Waals surface area contributed by atoms with Crippen LogP contribution in [0.5, 0.6) is 11.5 Å². The topological polar surface area (TPSA) is 41.5 Å². The average Bonchev–Trinajstić information content (AvgIpc) is 2.81. The van der Waals surface area contributed by atoms with Crippen LogP contribution in [0.25, 0.3) is 0 Å². The average molecular weight is 334 g/mol. The van der Waals surface area contributed by atoms with Gasteiger partial charge in [-0.15, -0.1) is 0 Å². The van der Waals surface area contributed by atoms with Gasteiger partial charge in [-0.2, -0.15) is 0 Å². The van der Waals surface area contributed by atoms with Crippen LogP contribution in [0.2, 0.25) is 0 Å². The van der Waals surface area contributed by atoms with Crippen molar-refractivity contribution >= 4 is 15.9 Å². The van der Waals surface area contributed by atoms with Gasteiger partial charge in [0.05, 0.1) is 6.04 Å². The van der Waals surface area contributed by atoms with Gasteiger partial charge in [-0.25, -0.2) is 0 Å². The second kappa shape index (κ2) is 5.46. The van der Waals surface area contributed by atoms with E-state index in [0.29, 0.717) is 6.61 Å². The zero-order valence-electron chi connectivity index (χ0n) is 11.1. The van der Waals surface area contributed by atoms with Gasteiger partial charge in [0.2, 0.25) is 0 Å². The number of fused-ring (bicyclic) bond motifs is 1. The van der Waals surface area contributed by atoms with Crippen LogP contribution in [-0.2, 0) is 0 Å². The predicted octanol–water partition coefficient (Wildman–Crippen LogP) is 3.94. The monoisotopic (exact) mass is 333 g/mol. The summed E-state index contributed by atoms with van der Waals surface area (Å²) in [7, 11) is 0. The first kappa shape index (κ1) is 13.5. The van der Waals surface area contributed by atoms with Crippen molar-refractivity contribution in [3.63, 3.8) is 0 Å². The number of rotatable bonds is 3. The third-order valence-corrected chi connectivity index (χ3v) is 4.07. The van der Waals surface area contributed by atoms with Gasteiger partial charge in [0, 0.05) is 22.1 Å². The van der Waals surface area contributed by atoms with Crippen LogP contribution in [0, 0.1) is 0 Å². The van der Waals surface area contributed by atoms with Crippen LogP contribution in [0.4, 0.5) is 0 Å². The summed E-state index contributed by atoms with van der Waals surface area (Å²) in [5.74, 6) is 1.01. The first-order valence-corrected chi connectivity index (χ1v) is 7.40. The molecule has 3 nitrogen and oxygen atoms in total. The second-order valence-electron chi connectivity index (χ2n) is 5.03. The van der Waals surface area contributed by atoms with E-state index in [2.05, 4.69) is 40.3 Å². The van der Waals surface area contributed by atoms with Crippen LogP contribution < -0.4 is 10.1 Å². The van der Waals surface area contributed by atoms with E-state index >= 15 is 0 Å². The molecule has 1 aliphatic heterocycles. The fraction of sp³-hybridized carbons (Fsp3) is 0.250. The van der Waals surface area contributed by atoms with Crippen LogP contribution >= 0.6 is 15.9 Å². The van der Waals surface area contributed by atoms with Crippen molar-refractivity contribution in [1.29, 1.82) is 0 Å². The molecule has 3 rings (SSSR count). The summed E-state index contributed by atoms with van der Waals surface area (Å²) in [6, 6.07) is 13.9. The zero-order chi connectivity index (χ0) is 14.1. The molecule has 0 aliphatic carbocycles. The molecule has 2 aromatic carbocycles. The molecular formula is C16H16BrNO2. The summed E-state index contributed by atoms with van der Waals surface area (Å²) < 4.78 is 6.70. The van der Waals surface area contributed by atoms with Gasteiger partial charge >= 0.3 is 0 Å². The Morgan fingerprint density at radius 3 is 2.95 bits per heavy atom. The Balaban J connectivity index is 1.77. The van der Waals surface area contributed by atoms with E-state index in [1.807, 2.05) is 18.2 Å². The zero-order valence-corrected chi connectivity index (χ0v) is 12.7. The molecule has 1 aliphatic rings. The number of aromatic hydroxyl groups is 1. The number of benzene rings is 2. The molecule has 20 heavy (non-hydrogen) atoms. The highest BCUT2D eigenvalue weighted by atomic mass is 79.9. The number of phenolic OH excluding ortho intramolecular Hbond substituents is 1. The third-order valence-electron chi connectivity index (χ3n) is 3.58. The van der Waals surface area contributed by atoms with Crippen molar-refractivity contribution in [2.75, 3.05) is 6.61 Å². The summed E-state index contributed by atoms with van der Waals surface area (Å²) in [6.07, 6.45) is 0. The molecule has 0 saturated carbocycles. The molecule has 0 fully saturated rings. The third kappa shape index (κ3) is 2.67. The van der Waals surface area contributed by atoms with Crippen LogP contribution in [-0.4, -0.2) is 11.7 Å². The van der Waals surface area contributed by atoms with Crippen molar-refractivity contribution < 1.29 is 9.84 Å². The lowest BCUT2D eigenvalue weighted by molar-refractivity contribution is 0.300. The Labute approximate surface area is 126 Å². The van der Waals surface area contributed by atoms with Gasteiger partial charge in [-0.3, -0.25) is 0 Å². The number of hydrogen-bond acceptors (Lipinski definition) is 3. The standard InChI is InChI=1S/C16H16BrNO2/c1-10(11-3-2-4-12(17)7-11)18-15-9-20-16-8-13(19)5-6-14(15)16/h2-8,10,15,18-19H,9H2,1H3/t10-,15?/m0/s1. The van der Waals surface area contributed by atoms with Gasteiger partial charge in [0.25, 0.3) is 0 Å². The van der Waals surface area contributed by atoms with Crippen molar-refractivity contribution in [1.82, 2.24) is 5.32 Å². The minimum absolute atomic E-state index is 0.152. The van der Waals surface area contributed by atoms with Crippen molar-refractivity contribution in [3.8, 4) is 11.5 Å². The molecule has 1 unspecified atom stereocenters. The first-order chi connectivity index (χ1) is 9.63. The van der Waals surface area contributed by atoms with E-state index in [-0.39, 0.29) is 17.8 Å². The second-order valence-corrected chi connectivity index (χ2v) is 5.94. The maximum Gasteiger partial charge on any atom is 0.127 e. The molecule has 0 radical (unpaired) electrons. The van der Waals surface area contributed by atoms with Crippen molar-refractivity contribution in [2.45, 2.75) is 19.0 Å². The van der Waals surface area contributed by atoms with E-state index in [1.165, 1.54) is 5.56 Å². The molecule has 2 aromatic rings. The summed E-state index contributed by atoms with van der Waals surface area (Å²) in [5, 5.41) is 13.0. The molecular weight excluding hydrogens is 318 g/mol. The normalized spacial score (nSPS) is 18.4. The Morgan fingerprint density at radius 1 is 1.30 bits per heavy atom. The van der Waals surface area contributed by atoms with E-state index in [9.17, 15) is 5.11 Å². The molecule has 104 valence electrons. The Kier molecular flexibility index (Phi) is 3.68. The van der Waals surface area contributed by atoms with E-state index in [1.54, 1.807) is 12.1 Å². The van der Waals surface area contributed by atoms with Crippen LogP contribution in [0.3, 0.4) is 0 Å². The minimum Gasteiger partial charge on any atom is -0.508 e. The Bertz CT molecular complexity index is 630.